The van der Waals surface area contributed by atoms with E-state index in [1.165, 1.54) is 0 Å². The number of rotatable bonds is 3. The summed E-state index contributed by atoms with van der Waals surface area (Å²) >= 11 is 6.36. The number of aromatic nitrogens is 3. The van der Waals surface area contributed by atoms with Gasteiger partial charge < -0.3 is 15.8 Å². The van der Waals surface area contributed by atoms with Gasteiger partial charge in [-0.15, -0.1) is 0 Å². The first-order chi connectivity index (χ1) is 16.7. The Labute approximate surface area is 209 Å². The Morgan fingerprint density at radius 2 is 2.06 bits per heavy atom. The summed E-state index contributed by atoms with van der Waals surface area (Å²) in [4.78, 5) is 22.4. The molecule has 186 valence electrons. The second kappa shape index (κ2) is 8.97. The molecule has 1 saturated carbocycles. The van der Waals surface area contributed by atoms with E-state index in [9.17, 15) is 4.79 Å². The van der Waals surface area contributed by atoms with E-state index in [1.807, 2.05) is 24.4 Å². The number of carbonyl (C=O) groups excluding carboxylic acids is 1. The molecule has 1 fully saturated rings. The standard InChI is InChI=1S/C26H31ClFN5O2/c1-12-5-6-19(13(2)9-12)32-26(34)20-21(28)18(27)11-16-17(10-14(3)35-23(16)20)25-31-15(4)22-24(29)30-7-8-33(22)25/h7-8,11-14,17,19H,5-6,9-10H2,1-4H3,(H2,29,30)(H,32,34)/t12?,13-,14?,17-,19+/m0/s1. The van der Waals surface area contributed by atoms with Crippen molar-refractivity contribution in [3.8, 4) is 5.75 Å². The predicted molar refractivity (Wildman–Crippen MR) is 134 cm³/mol. The van der Waals surface area contributed by atoms with Crippen LogP contribution < -0.4 is 15.8 Å². The highest BCUT2D eigenvalue weighted by molar-refractivity contribution is 6.31. The number of fused-ring (bicyclic) bond motifs is 2. The van der Waals surface area contributed by atoms with Crippen LogP contribution in [0.5, 0.6) is 5.75 Å². The normalized spacial score (nSPS) is 26.3. The second-order valence-electron chi connectivity index (χ2n) is 10.2. The number of ether oxygens (including phenoxy) is 1. The highest BCUT2D eigenvalue weighted by Crippen LogP contribution is 2.45. The molecule has 1 aliphatic heterocycles. The van der Waals surface area contributed by atoms with Crippen LogP contribution in [0.3, 0.4) is 0 Å². The fourth-order valence-electron chi connectivity index (χ4n) is 5.80. The van der Waals surface area contributed by atoms with Crippen LogP contribution in [0.15, 0.2) is 18.5 Å². The molecule has 3 heterocycles. The van der Waals surface area contributed by atoms with E-state index in [4.69, 9.17) is 27.1 Å². The van der Waals surface area contributed by atoms with Gasteiger partial charge in [-0.3, -0.25) is 9.20 Å². The zero-order valence-corrected chi connectivity index (χ0v) is 21.2. The van der Waals surface area contributed by atoms with Gasteiger partial charge in [-0.2, -0.15) is 0 Å². The number of nitrogens with one attached hydrogen (secondary N) is 1. The lowest BCUT2D eigenvalue weighted by molar-refractivity contribution is 0.0884. The van der Waals surface area contributed by atoms with Crippen LogP contribution in [-0.4, -0.2) is 32.4 Å². The van der Waals surface area contributed by atoms with Crippen molar-refractivity contribution in [2.75, 3.05) is 5.73 Å². The maximum Gasteiger partial charge on any atom is 0.258 e. The molecule has 1 amide bonds. The summed E-state index contributed by atoms with van der Waals surface area (Å²) in [5.41, 5.74) is 8.11. The van der Waals surface area contributed by atoms with Crippen molar-refractivity contribution in [3.05, 3.63) is 51.9 Å². The number of anilines is 1. The Morgan fingerprint density at radius 3 is 2.80 bits per heavy atom. The van der Waals surface area contributed by atoms with E-state index in [0.29, 0.717) is 29.6 Å². The third-order valence-corrected chi connectivity index (χ3v) is 7.81. The molecule has 0 bridgehead atoms. The SMILES string of the molecule is Cc1nc([C@H]2CC(C)Oc3c2cc(Cl)c(F)c3C(=O)N[C@@H]2CCC(C)C[C@@H]2C)n2ccnc(N)c12. The average molecular weight is 500 g/mol. The molecule has 0 saturated heterocycles. The molecular formula is C26H31ClFN5O2. The molecule has 0 spiro atoms. The van der Waals surface area contributed by atoms with E-state index >= 15 is 4.39 Å². The van der Waals surface area contributed by atoms with Crippen LogP contribution in [0.4, 0.5) is 10.2 Å². The van der Waals surface area contributed by atoms with Gasteiger partial charge in [0.05, 0.1) is 16.8 Å². The van der Waals surface area contributed by atoms with Crippen LogP contribution >= 0.6 is 11.6 Å². The Kier molecular flexibility index (Phi) is 6.11. The second-order valence-corrected chi connectivity index (χ2v) is 10.7. The number of benzene rings is 1. The molecule has 1 aromatic carbocycles. The molecule has 2 aromatic heterocycles. The van der Waals surface area contributed by atoms with Gasteiger partial charge in [0.15, 0.2) is 5.82 Å². The Hall–Kier alpha value is -2.87. The first-order valence-electron chi connectivity index (χ1n) is 12.2. The molecule has 7 nitrogen and oxygen atoms in total. The number of amides is 1. The summed E-state index contributed by atoms with van der Waals surface area (Å²) in [6.45, 7) is 8.14. The third kappa shape index (κ3) is 4.11. The monoisotopic (exact) mass is 499 g/mol. The third-order valence-electron chi connectivity index (χ3n) is 7.53. The van der Waals surface area contributed by atoms with Crippen LogP contribution in [0.25, 0.3) is 5.52 Å². The number of carbonyl (C=O) groups is 1. The van der Waals surface area contributed by atoms with Gasteiger partial charge in [0.2, 0.25) is 0 Å². The largest absolute Gasteiger partial charge is 0.489 e. The maximum absolute atomic E-state index is 15.4. The zero-order chi connectivity index (χ0) is 25.0. The molecule has 0 radical (unpaired) electrons. The summed E-state index contributed by atoms with van der Waals surface area (Å²) in [5.74, 6) is 0.771. The molecule has 35 heavy (non-hydrogen) atoms. The number of nitrogens with two attached hydrogens (primary N) is 1. The minimum atomic E-state index is -0.759. The van der Waals surface area contributed by atoms with Crippen molar-refractivity contribution in [3.63, 3.8) is 0 Å². The van der Waals surface area contributed by atoms with E-state index in [0.717, 1.165) is 36.3 Å². The molecule has 9 heteroatoms. The van der Waals surface area contributed by atoms with Crippen LogP contribution in [0.2, 0.25) is 5.02 Å². The Morgan fingerprint density at radius 1 is 1.29 bits per heavy atom. The van der Waals surface area contributed by atoms with E-state index < -0.39 is 11.7 Å². The van der Waals surface area contributed by atoms with Gasteiger partial charge in [-0.05, 0) is 57.4 Å². The molecule has 2 aliphatic rings. The maximum atomic E-state index is 15.4. The fraction of sp³-hybridized carbons (Fsp3) is 0.500. The number of halogens is 2. The summed E-state index contributed by atoms with van der Waals surface area (Å²) in [6, 6.07) is 1.55. The Bertz CT molecular complexity index is 1310. The number of hydrogen-bond acceptors (Lipinski definition) is 5. The van der Waals surface area contributed by atoms with Crippen molar-refractivity contribution in [1.29, 1.82) is 0 Å². The quantitative estimate of drug-likeness (QED) is 0.512. The molecule has 5 rings (SSSR count). The van der Waals surface area contributed by atoms with Crippen LogP contribution in [-0.2, 0) is 0 Å². The fourth-order valence-corrected chi connectivity index (χ4v) is 6.02. The van der Waals surface area contributed by atoms with Gasteiger partial charge in [-0.1, -0.05) is 25.4 Å². The lowest BCUT2D eigenvalue weighted by Crippen LogP contribution is -2.43. The number of nitrogen functional groups attached to an aromatic ring is 1. The number of imidazole rings is 1. The topological polar surface area (TPSA) is 94.5 Å². The van der Waals surface area contributed by atoms with Crippen LogP contribution in [0.1, 0.15) is 79.8 Å². The lowest BCUT2D eigenvalue weighted by Gasteiger charge is -2.34. The zero-order valence-electron chi connectivity index (χ0n) is 20.4. The summed E-state index contributed by atoms with van der Waals surface area (Å²) in [6.07, 6.45) is 6.69. The van der Waals surface area contributed by atoms with Gasteiger partial charge >= 0.3 is 0 Å². The molecular weight excluding hydrogens is 469 g/mol. The minimum Gasteiger partial charge on any atom is -0.489 e. The predicted octanol–water partition coefficient (Wildman–Crippen LogP) is 5.27. The molecule has 1 aliphatic carbocycles. The van der Waals surface area contributed by atoms with Gasteiger partial charge in [-0.25, -0.2) is 14.4 Å². The summed E-state index contributed by atoms with van der Waals surface area (Å²) in [7, 11) is 0. The van der Waals surface area contributed by atoms with Gasteiger partial charge in [0, 0.05) is 29.9 Å². The first kappa shape index (κ1) is 23.9. The van der Waals surface area contributed by atoms with Crippen molar-refractivity contribution in [2.45, 2.75) is 71.4 Å². The highest BCUT2D eigenvalue weighted by atomic mass is 35.5. The van der Waals surface area contributed by atoms with Crippen molar-refractivity contribution in [1.82, 2.24) is 19.7 Å². The summed E-state index contributed by atoms with van der Waals surface area (Å²) < 4.78 is 23.4. The molecule has 3 aromatic rings. The Balaban J connectivity index is 1.59. The molecule has 3 N–H and O–H groups in total. The van der Waals surface area contributed by atoms with Crippen molar-refractivity contribution >= 4 is 28.8 Å². The van der Waals surface area contributed by atoms with E-state index in [1.54, 1.807) is 12.3 Å². The van der Waals surface area contributed by atoms with E-state index in [-0.39, 0.29) is 34.4 Å². The smallest absolute Gasteiger partial charge is 0.258 e. The lowest BCUT2D eigenvalue weighted by atomic mass is 9.79. The van der Waals surface area contributed by atoms with Gasteiger partial charge in [0.25, 0.3) is 5.91 Å². The minimum absolute atomic E-state index is 0.0149. The molecule has 2 unspecified atom stereocenters. The first-order valence-corrected chi connectivity index (χ1v) is 12.6. The average Bonchev–Trinajstić information content (AvgIpc) is 3.14. The summed E-state index contributed by atoms with van der Waals surface area (Å²) in [5, 5.41) is 2.96. The number of aryl methyl sites for hydroxylation is 1. The number of nitrogens with zero attached hydrogens (tertiary/aromatic N) is 3. The van der Waals surface area contributed by atoms with Crippen molar-refractivity contribution in [2.24, 2.45) is 11.8 Å². The van der Waals surface area contributed by atoms with E-state index in [2.05, 4.69) is 24.1 Å². The molecule has 5 atom stereocenters. The van der Waals surface area contributed by atoms with Gasteiger partial charge in [0.1, 0.15) is 28.5 Å². The number of hydrogen-bond donors (Lipinski definition) is 2. The van der Waals surface area contributed by atoms with Crippen LogP contribution in [0, 0.1) is 24.6 Å². The highest BCUT2D eigenvalue weighted by Gasteiger charge is 2.37. The van der Waals surface area contributed by atoms with Crippen molar-refractivity contribution < 1.29 is 13.9 Å².